The van der Waals surface area contributed by atoms with E-state index in [-0.39, 0.29) is 5.82 Å². The number of pyridine rings is 1. The first-order chi connectivity index (χ1) is 8.56. The number of anilines is 2. The van der Waals surface area contributed by atoms with Crippen molar-refractivity contribution in [3.8, 4) is 0 Å². The highest BCUT2D eigenvalue weighted by Crippen LogP contribution is 2.27. The first-order valence-corrected chi connectivity index (χ1v) is 6.96. The molecule has 0 amide bonds. The summed E-state index contributed by atoms with van der Waals surface area (Å²) >= 11 is 13.5. The van der Waals surface area contributed by atoms with E-state index in [4.69, 9.17) is 28.9 Å². The zero-order valence-electron chi connectivity index (χ0n) is 9.70. The van der Waals surface area contributed by atoms with Crippen LogP contribution in [-0.2, 0) is 6.42 Å². The molecular weight excluding hydrogens is 291 g/mol. The second-order valence-corrected chi connectivity index (χ2v) is 5.50. The molecule has 0 bridgehead atoms. The van der Waals surface area contributed by atoms with Gasteiger partial charge in [0.25, 0.3) is 0 Å². The van der Waals surface area contributed by atoms with Crippen molar-refractivity contribution in [3.05, 3.63) is 32.2 Å². The molecule has 2 aromatic rings. The van der Waals surface area contributed by atoms with Crippen LogP contribution in [0.2, 0.25) is 10.0 Å². The molecule has 0 fully saturated rings. The summed E-state index contributed by atoms with van der Waals surface area (Å²) < 4.78 is 0. The Balaban J connectivity index is 1.96. The molecule has 0 aliphatic rings. The highest BCUT2D eigenvalue weighted by Gasteiger charge is 2.07. The highest BCUT2D eigenvalue weighted by atomic mass is 35.5. The molecule has 0 unspecified atom stereocenters. The van der Waals surface area contributed by atoms with Crippen LogP contribution in [-0.4, -0.2) is 16.5 Å². The lowest BCUT2D eigenvalue weighted by molar-refractivity contribution is 0.978. The Morgan fingerprint density at radius 3 is 2.78 bits per heavy atom. The van der Waals surface area contributed by atoms with Crippen LogP contribution in [0.5, 0.6) is 0 Å². The monoisotopic (exact) mass is 302 g/mol. The lowest BCUT2D eigenvalue weighted by atomic mass is 10.4. The maximum Gasteiger partial charge on any atom is 0.147 e. The van der Waals surface area contributed by atoms with Crippen LogP contribution in [0.25, 0.3) is 0 Å². The second-order valence-electron chi connectivity index (χ2n) is 3.75. The topological polar surface area (TPSA) is 63.8 Å². The zero-order chi connectivity index (χ0) is 13.1. The van der Waals surface area contributed by atoms with Gasteiger partial charge in [0.2, 0.25) is 0 Å². The Hall–Kier alpha value is -1.04. The van der Waals surface area contributed by atoms with Gasteiger partial charge >= 0.3 is 0 Å². The molecule has 2 aromatic heterocycles. The third-order valence-electron chi connectivity index (χ3n) is 2.25. The molecule has 96 valence electrons. The maximum absolute atomic E-state index is 6.01. The van der Waals surface area contributed by atoms with Gasteiger partial charge in [-0.05, 0) is 13.0 Å². The maximum atomic E-state index is 6.01. The second kappa shape index (κ2) is 5.73. The van der Waals surface area contributed by atoms with Crippen molar-refractivity contribution in [1.29, 1.82) is 0 Å². The number of hydrogen-bond acceptors (Lipinski definition) is 5. The van der Waals surface area contributed by atoms with E-state index < -0.39 is 0 Å². The Kier molecular flexibility index (Phi) is 4.27. The lowest BCUT2D eigenvalue weighted by Gasteiger charge is -2.08. The summed E-state index contributed by atoms with van der Waals surface area (Å²) in [6.45, 7) is 2.67. The minimum Gasteiger partial charge on any atom is -0.382 e. The third-order valence-corrected chi connectivity index (χ3v) is 3.87. The first-order valence-electron chi connectivity index (χ1n) is 5.32. The van der Waals surface area contributed by atoms with Crippen LogP contribution in [0.4, 0.5) is 11.6 Å². The number of halogens is 2. The Labute approximate surface area is 119 Å². The van der Waals surface area contributed by atoms with E-state index in [0.717, 1.165) is 17.1 Å². The van der Waals surface area contributed by atoms with Gasteiger partial charge in [-0.3, -0.25) is 0 Å². The minimum atomic E-state index is 0.272. The fraction of sp³-hybridized carbons (Fsp3) is 0.273. The molecule has 0 saturated carbocycles. The van der Waals surface area contributed by atoms with E-state index in [9.17, 15) is 0 Å². The SMILES string of the molecule is Cc1csc(CCNc2nc(N)c(Cl)cc2Cl)n1. The van der Waals surface area contributed by atoms with E-state index in [1.165, 1.54) is 0 Å². The predicted molar refractivity (Wildman–Crippen MR) is 77.7 cm³/mol. The Bertz CT molecular complexity index is 556. The summed E-state index contributed by atoms with van der Waals surface area (Å²) in [4.78, 5) is 8.47. The van der Waals surface area contributed by atoms with E-state index >= 15 is 0 Å². The number of nitrogens with zero attached hydrogens (tertiary/aromatic N) is 2. The van der Waals surface area contributed by atoms with Crippen LogP contribution < -0.4 is 11.1 Å². The number of hydrogen-bond donors (Lipinski definition) is 2. The van der Waals surface area contributed by atoms with Gasteiger partial charge in [0.15, 0.2) is 0 Å². The van der Waals surface area contributed by atoms with Crippen LogP contribution in [0.3, 0.4) is 0 Å². The molecule has 0 atom stereocenters. The van der Waals surface area contributed by atoms with Crippen molar-refractivity contribution < 1.29 is 0 Å². The summed E-state index contributed by atoms with van der Waals surface area (Å²) in [7, 11) is 0. The van der Waals surface area contributed by atoms with Crippen LogP contribution in [0.1, 0.15) is 10.7 Å². The van der Waals surface area contributed by atoms with Crippen molar-refractivity contribution in [2.45, 2.75) is 13.3 Å². The Morgan fingerprint density at radius 2 is 2.11 bits per heavy atom. The molecule has 0 aliphatic carbocycles. The standard InChI is InChI=1S/C11H12Cl2N4S/c1-6-5-18-9(16-6)2-3-15-11-8(13)4-7(12)10(14)17-11/h4-5H,2-3H2,1H3,(H3,14,15,17). The normalized spacial score (nSPS) is 10.6. The summed E-state index contributed by atoms with van der Waals surface area (Å²) in [6.07, 6.45) is 0.818. The molecule has 0 spiro atoms. The lowest BCUT2D eigenvalue weighted by Crippen LogP contribution is -2.08. The number of nitrogens with two attached hydrogens (primary N) is 1. The van der Waals surface area contributed by atoms with Gasteiger partial charge in [0.05, 0.1) is 15.1 Å². The van der Waals surface area contributed by atoms with E-state index in [1.807, 2.05) is 12.3 Å². The molecule has 0 aliphatic heterocycles. The highest BCUT2D eigenvalue weighted by molar-refractivity contribution is 7.09. The van der Waals surface area contributed by atoms with E-state index in [0.29, 0.717) is 22.4 Å². The summed E-state index contributed by atoms with van der Waals surface area (Å²) in [5.41, 5.74) is 6.67. The van der Waals surface area contributed by atoms with Crippen molar-refractivity contribution in [3.63, 3.8) is 0 Å². The predicted octanol–water partition coefficient (Wildman–Crippen LogP) is 3.39. The number of aromatic nitrogens is 2. The van der Waals surface area contributed by atoms with Crippen molar-refractivity contribution in [1.82, 2.24) is 9.97 Å². The average Bonchev–Trinajstić information content (AvgIpc) is 2.71. The molecule has 7 heteroatoms. The van der Waals surface area contributed by atoms with E-state index in [1.54, 1.807) is 17.4 Å². The molecule has 0 aromatic carbocycles. The smallest absolute Gasteiger partial charge is 0.147 e. The third kappa shape index (κ3) is 3.25. The fourth-order valence-electron chi connectivity index (χ4n) is 1.41. The van der Waals surface area contributed by atoms with Gasteiger partial charge in [-0.15, -0.1) is 11.3 Å². The van der Waals surface area contributed by atoms with Gasteiger partial charge in [-0.1, -0.05) is 23.2 Å². The molecule has 2 heterocycles. The van der Waals surface area contributed by atoms with Gasteiger partial charge < -0.3 is 11.1 Å². The minimum absolute atomic E-state index is 0.272. The van der Waals surface area contributed by atoms with Crippen molar-refractivity contribution in [2.24, 2.45) is 0 Å². The number of nitrogen functional groups attached to an aromatic ring is 1. The van der Waals surface area contributed by atoms with Crippen LogP contribution in [0.15, 0.2) is 11.4 Å². The number of thiazole rings is 1. The average molecular weight is 303 g/mol. The largest absolute Gasteiger partial charge is 0.382 e. The quantitative estimate of drug-likeness (QED) is 0.908. The molecular formula is C11H12Cl2N4S. The van der Waals surface area contributed by atoms with Crippen molar-refractivity contribution >= 4 is 46.2 Å². The van der Waals surface area contributed by atoms with Crippen molar-refractivity contribution in [2.75, 3.05) is 17.6 Å². The van der Waals surface area contributed by atoms with Gasteiger partial charge in [0.1, 0.15) is 11.6 Å². The number of aryl methyl sites for hydroxylation is 1. The summed E-state index contributed by atoms with van der Waals surface area (Å²) in [6, 6.07) is 1.58. The van der Waals surface area contributed by atoms with Crippen LogP contribution in [0, 0.1) is 6.92 Å². The number of rotatable bonds is 4. The molecule has 4 nitrogen and oxygen atoms in total. The van der Waals surface area contributed by atoms with Gasteiger partial charge in [-0.2, -0.15) is 0 Å². The summed E-state index contributed by atoms with van der Waals surface area (Å²) in [5, 5.41) is 7.06. The molecule has 0 saturated heterocycles. The molecule has 0 radical (unpaired) electrons. The van der Waals surface area contributed by atoms with Gasteiger partial charge in [0, 0.05) is 24.0 Å². The molecule has 18 heavy (non-hydrogen) atoms. The fourth-order valence-corrected chi connectivity index (χ4v) is 2.61. The summed E-state index contributed by atoms with van der Waals surface area (Å²) in [5.74, 6) is 0.820. The Morgan fingerprint density at radius 1 is 1.33 bits per heavy atom. The van der Waals surface area contributed by atoms with Gasteiger partial charge in [-0.25, -0.2) is 9.97 Å². The van der Waals surface area contributed by atoms with Crippen LogP contribution >= 0.6 is 34.5 Å². The number of nitrogens with one attached hydrogen (secondary N) is 1. The first kappa shape index (κ1) is 13.4. The molecule has 2 rings (SSSR count). The zero-order valence-corrected chi connectivity index (χ0v) is 12.0. The molecule has 3 N–H and O–H groups in total. The van der Waals surface area contributed by atoms with E-state index in [2.05, 4.69) is 15.3 Å².